The molecule has 4 aromatic rings. The van der Waals surface area contributed by atoms with Crippen LogP contribution in [0.5, 0.6) is 0 Å². The summed E-state index contributed by atoms with van der Waals surface area (Å²) in [6.45, 7) is 4.30. The highest BCUT2D eigenvalue weighted by Gasteiger charge is 2.12. The van der Waals surface area contributed by atoms with Crippen LogP contribution in [0, 0.1) is 0 Å². The fraction of sp³-hybridized carbons (Fsp3) is 0.250. The van der Waals surface area contributed by atoms with E-state index in [0.29, 0.717) is 5.02 Å². The molecule has 0 unspecified atom stereocenters. The molecule has 2 aromatic carbocycles. The summed E-state index contributed by atoms with van der Waals surface area (Å²) in [5.41, 5.74) is 3.65. The molecule has 2 aromatic heterocycles. The number of benzene rings is 2. The average molecular weight is 419 g/mol. The van der Waals surface area contributed by atoms with Gasteiger partial charge in [0.15, 0.2) is 0 Å². The van der Waals surface area contributed by atoms with E-state index in [1.165, 1.54) is 25.9 Å². The third-order valence-electron chi connectivity index (χ3n) is 5.81. The Bertz CT molecular complexity index is 1250. The maximum Gasteiger partial charge on any atom is 0.255 e. The van der Waals surface area contributed by atoms with Crippen LogP contribution < -0.4 is 5.56 Å². The average Bonchev–Trinajstić information content (AvgIpc) is 3.41. The molecule has 0 atom stereocenters. The van der Waals surface area contributed by atoms with Gasteiger partial charge in [-0.25, -0.2) is 0 Å². The molecular weight excluding hydrogens is 396 g/mol. The summed E-state index contributed by atoms with van der Waals surface area (Å²) in [6.07, 6.45) is 6.30. The number of fused-ring (bicyclic) bond motifs is 1. The molecule has 0 amide bonds. The lowest BCUT2D eigenvalue weighted by Gasteiger charge is -2.14. The second kappa shape index (κ2) is 8.09. The van der Waals surface area contributed by atoms with Crippen LogP contribution in [0.4, 0.5) is 0 Å². The first kappa shape index (κ1) is 19.1. The highest BCUT2D eigenvalue weighted by molar-refractivity contribution is 6.30. The molecule has 0 spiro atoms. The Labute approximate surface area is 180 Å². The Balaban J connectivity index is 1.41. The summed E-state index contributed by atoms with van der Waals surface area (Å²) < 4.78 is 3.72. The van der Waals surface area contributed by atoms with Crippen LogP contribution in [-0.4, -0.2) is 38.9 Å². The quantitative estimate of drug-likeness (QED) is 0.475. The summed E-state index contributed by atoms with van der Waals surface area (Å²) in [6, 6.07) is 17.2. The van der Waals surface area contributed by atoms with Gasteiger partial charge in [0.1, 0.15) is 0 Å². The van der Waals surface area contributed by atoms with E-state index in [1.807, 2.05) is 54.9 Å². The molecule has 1 aliphatic heterocycles. The van der Waals surface area contributed by atoms with Gasteiger partial charge in [0.05, 0.1) is 18.3 Å². The van der Waals surface area contributed by atoms with Gasteiger partial charge in [-0.2, -0.15) is 5.10 Å². The van der Waals surface area contributed by atoms with Gasteiger partial charge >= 0.3 is 0 Å². The van der Waals surface area contributed by atoms with Crippen molar-refractivity contribution in [1.82, 2.24) is 19.2 Å². The Morgan fingerprint density at radius 2 is 1.77 bits per heavy atom. The van der Waals surface area contributed by atoms with E-state index in [-0.39, 0.29) is 5.56 Å². The van der Waals surface area contributed by atoms with Crippen molar-refractivity contribution in [3.8, 4) is 16.8 Å². The lowest BCUT2D eigenvalue weighted by molar-refractivity contribution is 0.318. The van der Waals surface area contributed by atoms with Crippen LogP contribution in [0.2, 0.25) is 5.02 Å². The fourth-order valence-electron chi connectivity index (χ4n) is 4.18. The Kier molecular flexibility index (Phi) is 5.15. The lowest BCUT2D eigenvalue weighted by atomic mass is 10.1. The first-order valence-electron chi connectivity index (χ1n) is 10.3. The maximum absolute atomic E-state index is 12.8. The number of hydrogen-bond acceptors (Lipinski definition) is 3. The summed E-state index contributed by atoms with van der Waals surface area (Å²) in [5.74, 6) is 0. The van der Waals surface area contributed by atoms with Crippen LogP contribution >= 0.6 is 11.6 Å². The number of nitrogens with zero attached hydrogens (tertiary/aromatic N) is 4. The van der Waals surface area contributed by atoms with Crippen molar-refractivity contribution >= 4 is 22.5 Å². The van der Waals surface area contributed by atoms with Crippen molar-refractivity contribution in [2.24, 2.45) is 0 Å². The molecule has 0 N–H and O–H groups in total. The topological polar surface area (TPSA) is 43.1 Å². The van der Waals surface area contributed by atoms with Crippen LogP contribution in [0.3, 0.4) is 0 Å². The number of hydrogen-bond donors (Lipinski definition) is 0. The largest absolute Gasteiger partial charge is 0.301 e. The predicted molar refractivity (Wildman–Crippen MR) is 121 cm³/mol. The third-order valence-corrected chi connectivity index (χ3v) is 6.04. The van der Waals surface area contributed by atoms with Gasteiger partial charge in [0.25, 0.3) is 5.56 Å². The van der Waals surface area contributed by atoms with E-state index < -0.39 is 0 Å². The molecule has 0 radical (unpaired) electrons. The standard InChI is InChI=1S/C24H23ClN4O/c25-21-5-3-4-18(14-21)19-8-11-28(24(30)16-19)22-6-7-23-20(15-22)17-26-29(23)13-12-27-9-1-2-10-27/h3-8,11,14-17H,1-2,9-10,12-13H2. The van der Waals surface area contributed by atoms with E-state index in [0.717, 1.165) is 40.8 Å². The van der Waals surface area contributed by atoms with Gasteiger partial charge < -0.3 is 4.90 Å². The molecule has 1 aliphatic rings. The summed E-state index contributed by atoms with van der Waals surface area (Å²) >= 11 is 6.08. The van der Waals surface area contributed by atoms with E-state index in [4.69, 9.17) is 11.6 Å². The molecule has 30 heavy (non-hydrogen) atoms. The predicted octanol–water partition coefficient (Wildman–Crippen LogP) is 4.60. The second-order valence-electron chi connectivity index (χ2n) is 7.79. The number of likely N-dealkylation sites (tertiary alicyclic amines) is 1. The van der Waals surface area contributed by atoms with Crippen LogP contribution in [0.1, 0.15) is 12.8 Å². The highest BCUT2D eigenvalue weighted by Crippen LogP contribution is 2.23. The fourth-order valence-corrected chi connectivity index (χ4v) is 4.38. The summed E-state index contributed by atoms with van der Waals surface area (Å²) in [5, 5.41) is 6.26. The lowest BCUT2D eigenvalue weighted by Crippen LogP contribution is -2.24. The first-order chi connectivity index (χ1) is 14.7. The number of halogens is 1. The van der Waals surface area contributed by atoms with E-state index >= 15 is 0 Å². The molecule has 152 valence electrons. The minimum absolute atomic E-state index is 0.0757. The molecule has 0 aliphatic carbocycles. The maximum atomic E-state index is 12.8. The van der Waals surface area contributed by atoms with Crippen molar-refractivity contribution < 1.29 is 0 Å². The normalized spacial score (nSPS) is 14.6. The molecule has 3 heterocycles. The smallest absolute Gasteiger partial charge is 0.255 e. The van der Waals surface area contributed by atoms with E-state index in [9.17, 15) is 4.79 Å². The molecule has 1 fully saturated rings. The zero-order chi connectivity index (χ0) is 20.5. The van der Waals surface area contributed by atoms with Gasteiger partial charge in [0, 0.05) is 34.9 Å². The van der Waals surface area contributed by atoms with Gasteiger partial charge in [-0.1, -0.05) is 23.7 Å². The van der Waals surface area contributed by atoms with Gasteiger partial charge in [-0.05, 0) is 73.5 Å². The Morgan fingerprint density at radius 3 is 2.57 bits per heavy atom. The van der Waals surface area contributed by atoms with Crippen molar-refractivity contribution in [3.05, 3.63) is 82.4 Å². The van der Waals surface area contributed by atoms with Crippen molar-refractivity contribution in [1.29, 1.82) is 0 Å². The van der Waals surface area contributed by atoms with Crippen LogP contribution in [0.15, 0.2) is 71.8 Å². The molecule has 5 rings (SSSR count). The number of pyridine rings is 1. The number of rotatable bonds is 5. The summed E-state index contributed by atoms with van der Waals surface area (Å²) in [4.78, 5) is 15.3. The van der Waals surface area contributed by atoms with Crippen molar-refractivity contribution in [3.63, 3.8) is 0 Å². The third kappa shape index (κ3) is 3.78. The monoisotopic (exact) mass is 418 g/mol. The SMILES string of the molecule is O=c1cc(-c2cccc(Cl)c2)ccn1-c1ccc2c(cnn2CCN2CCCC2)c1. The zero-order valence-electron chi connectivity index (χ0n) is 16.7. The zero-order valence-corrected chi connectivity index (χ0v) is 17.4. The molecule has 0 bridgehead atoms. The molecule has 6 heteroatoms. The highest BCUT2D eigenvalue weighted by atomic mass is 35.5. The molecular formula is C24H23ClN4O. The van der Waals surface area contributed by atoms with Gasteiger partial charge in [-0.15, -0.1) is 0 Å². The van der Waals surface area contributed by atoms with E-state index in [2.05, 4.69) is 20.7 Å². The Morgan fingerprint density at radius 1 is 0.933 bits per heavy atom. The Hall–Kier alpha value is -2.89. The van der Waals surface area contributed by atoms with Crippen molar-refractivity contribution in [2.75, 3.05) is 19.6 Å². The summed E-state index contributed by atoms with van der Waals surface area (Å²) in [7, 11) is 0. The number of aromatic nitrogens is 3. The molecule has 0 saturated carbocycles. The first-order valence-corrected chi connectivity index (χ1v) is 10.7. The van der Waals surface area contributed by atoms with Crippen LogP contribution in [0.25, 0.3) is 27.7 Å². The van der Waals surface area contributed by atoms with Crippen molar-refractivity contribution in [2.45, 2.75) is 19.4 Å². The molecule has 5 nitrogen and oxygen atoms in total. The molecule has 1 saturated heterocycles. The van der Waals surface area contributed by atoms with Gasteiger partial charge in [0.2, 0.25) is 0 Å². The van der Waals surface area contributed by atoms with E-state index in [1.54, 1.807) is 10.6 Å². The minimum atomic E-state index is -0.0757. The van der Waals surface area contributed by atoms with Crippen LogP contribution in [-0.2, 0) is 6.54 Å². The second-order valence-corrected chi connectivity index (χ2v) is 8.23. The van der Waals surface area contributed by atoms with Gasteiger partial charge in [-0.3, -0.25) is 14.0 Å². The minimum Gasteiger partial charge on any atom is -0.301 e.